The van der Waals surface area contributed by atoms with Gasteiger partial charge in [0.25, 0.3) is 11.8 Å². The first-order valence-corrected chi connectivity index (χ1v) is 7.48. The molecule has 0 bridgehead atoms. The van der Waals surface area contributed by atoms with E-state index in [4.69, 9.17) is 4.74 Å². The Hall–Kier alpha value is -3.26. The Labute approximate surface area is 142 Å². The minimum Gasteiger partial charge on any atom is -0.484 e. The molecule has 25 heavy (non-hydrogen) atoms. The molecule has 1 atom stereocenters. The fourth-order valence-corrected chi connectivity index (χ4v) is 2.58. The van der Waals surface area contributed by atoms with E-state index in [1.54, 1.807) is 30.3 Å². The molecule has 3 rings (SSSR count). The van der Waals surface area contributed by atoms with Crippen molar-refractivity contribution in [3.63, 3.8) is 0 Å². The van der Waals surface area contributed by atoms with Gasteiger partial charge in [0.1, 0.15) is 12.7 Å². The number of aliphatic hydroxyl groups excluding tert-OH is 1. The van der Waals surface area contributed by atoms with E-state index in [0.717, 1.165) is 4.90 Å². The standard InChI is InChI=1S/C17H14N2O6/c20-11(10-25-15-8-4-3-7-14(15)19(23)24)9-18-16(21)12-5-1-2-6-13(12)17(18)22/h1-8,11,20H,9-10H2/t11-/m0/s1. The molecule has 1 aliphatic rings. The highest BCUT2D eigenvalue weighted by atomic mass is 16.6. The largest absolute Gasteiger partial charge is 0.484 e. The van der Waals surface area contributed by atoms with E-state index in [9.17, 15) is 24.8 Å². The summed E-state index contributed by atoms with van der Waals surface area (Å²) in [7, 11) is 0. The van der Waals surface area contributed by atoms with Gasteiger partial charge in [-0.05, 0) is 18.2 Å². The van der Waals surface area contributed by atoms with E-state index < -0.39 is 22.8 Å². The Bertz CT molecular complexity index is 816. The van der Waals surface area contributed by atoms with Crippen molar-refractivity contribution in [1.29, 1.82) is 0 Å². The maximum Gasteiger partial charge on any atom is 0.310 e. The van der Waals surface area contributed by atoms with Gasteiger partial charge in [0.2, 0.25) is 0 Å². The SMILES string of the molecule is O=C1c2ccccc2C(=O)N1C[C@H](O)COc1ccccc1[N+](=O)[O-]. The summed E-state index contributed by atoms with van der Waals surface area (Å²) >= 11 is 0. The molecule has 1 aliphatic heterocycles. The summed E-state index contributed by atoms with van der Waals surface area (Å²) in [5.41, 5.74) is 0.356. The number of carbonyl (C=O) groups is 2. The normalized spacial score (nSPS) is 14.4. The van der Waals surface area contributed by atoms with Crippen LogP contribution in [0.25, 0.3) is 0 Å². The van der Waals surface area contributed by atoms with Gasteiger partial charge in [-0.25, -0.2) is 0 Å². The molecule has 0 unspecified atom stereocenters. The fraction of sp³-hybridized carbons (Fsp3) is 0.176. The van der Waals surface area contributed by atoms with Crippen molar-refractivity contribution in [2.75, 3.05) is 13.2 Å². The van der Waals surface area contributed by atoms with E-state index in [2.05, 4.69) is 0 Å². The summed E-state index contributed by atoms with van der Waals surface area (Å²) in [6.45, 7) is -0.550. The molecule has 0 fully saturated rings. The van der Waals surface area contributed by atoms with Crippen LogP contribution in [0.15, 0.2) is 48.5 Å². The molecule has 2 amide bonds. The molecule has 0 radical (unpaired) electrons. The third kappa shape index (κ3) is 3.20. The van der Waals surface area contributed by atoms with E-state index >= 15 is 0 Å². The number of rotatable bonds is 6. The lowest BCUT2D eigenvalue weighted by Crippen LogP contribution is -2.39. The van der Waals surface area contributed by atoms with Crippen molar-refractivity contribution in [3.8, 4) is 5.75 Å². The number of hydrogen-bond donors (Lipinski definition) is 1. The monoisotopic (exact) mass is 342 g/mol. The minimum absolute atomic E-state index is 0.00825. The van der Waals surface area contributed by atoms with E-state index in [1.165, 1.54) is 18.2 Å². The fourth-order valence-electron chi connectivity index (χ4n) is 2.58. The summed E-state index contributed by atoms with van der Waals surface area (Å²) < 4.78 is 5.28. The van der Waals surface area contributed by atoms with Crippen LogP contribution in [0.5, 0.6) is 5.75 Å². The van der Waals surface area contributed by atoms with Gasteiger partial charge in [-0.1, -0.05) is 24.3 Å². The third-order valence-corrected chi connectivity index (χ3v) is 3.76. The number of nitro benzene ring substituents is 1. The van der Waals surface area contributed by atoms with Crippen LogP contribution in [-0.2, 0) is 0 Å². The lowest BCUT2D eigenvalue weighted by molar-refractivity contribution is -0.385. The first-order chi connectivity index (χ1) is 12.0. The molecule has 1 heterocycles. The maximum absolute atomic E-state index is 12.2. The highest BCUT2D eigenvalue weighted by molar-refractivity contribution is 6.21. The van der Waals surface area contributed by atoms with Crippen LogP contribution in [-0.4, -0.2) is 46.0 Å². The predicted molar refractivity (Wildman–Crippen MR) is 86.4 cm³/mol. The van der Waals surface area contributed by atoms with Crippen LogP contribution in [0.2, 0.25) is 0 Å². The van der Waals surface area contributed by atoms with Crippen LogP contribution in [0, 0.1) is 10.1 Å². The van der Waals surface area contributed by atoms with E-state index in [0.29, 0.717) is 11.1 Å². The third-order valence-electron chi connectivity index (χ3n) is 3.76. The second kappa shape index (κ2) is 6.70. The van der Waals surface area contributed by atoms with Crippen molar-refractivity contribution < 1.29 is 24.4 Å². The summed E-state index contributed by atoms with van der Waals surface area (Å²) in [5, 5.41) is 21.0. The van der Waals surface area contributed by atoms with E-state index in [1.807, 2.05) is 0 Å². The van der Waals surface area contributed by atoms with Crippen LogP contribution in [0.1, 0.15) is 20.7 Å². The van der Waals surface area contributed by atoms with Crippen molar-refractivity contribution in [1.82, 2.24) is 4.90 Å². The van der Waals surface area contributed by atoms with Gasteiger partial charge in [-0.15, -0.1) is 0 Å². The predicted octanol–water partition coefficient (Wildman–Crippen LogP) is 1.63. The Kier molecular flexibility index (Phi) is 4.44. The summed E-state index contributed by atoms with van der Waals surface area (Å²) in [5.74, 6) is -0.954. The molecule has 1 N–H and O–H groups in total. The molecular weight excluding hydrogens is 328 g/mol. The number of fused-ring (bicyclic) bond motifs is 1. The molecule has 2 aromatic carbocycles. The number of aliphatic hydroxyl groups is 1. The van der Waals surface area contributed by atoms with Crippen LogP contribution in [0.4, 0.5) is 5.69 Å². The number of benzene rings is 2. The van der Waals surface area contributed by atoms with Gasteiger partial charge in [-0.3, -0.25) is 24.6 Å². The highest BCUT2D eigenvalue weighted by Crippen LogP contribution is 2.26. The molecule has 8 heteroatoms. The van der Waals surface area contributed by atoms with Gasteiger partial charge in [0.05, 0.1) is 22.6 Å². The lowest BCUT2D eigenvalue weighted by atomic mass is 10.1. The maximum atomic E-state index is 12.2. The molecule has 2 aromatic rings. The molecule has 0 saturated carbocycles. The zero-order valence-electron chi connectivity index (χ0n) is 13.0. The van der Waals surface area contributed by atoms with Crippen LogP contribution >= 0.6 is 0 Å². The van der Waals surface area contributed by atoms with Gasteiger partial charge >= 0.3 is 5.69 Å². The van der Waals surface area contributed by atoms with Crippen molar-refractivity contribution in [2.24, 2.45) is 0 Å². The number of para-hydroxylation sites is 2. The number of amides is 2. The second-order valence-corrected chi connectivity index (χ2v) is 5.46. The summed E-state index contributed by atoms with van der Waals surface area (Å²) in [6.07, 6.45) is -1.18. The molecule has 0 spiro atoms. The number of carbonyl (C=O) groups excluding carboxylic acids is 2. The second-order valence-electron chi connectivity index (χ2n) is 5.46. The number of ether oxygens (including phenoxy) is 1. The van der Waals surface area contributed by atoms with Gasteiger partial charge in [-0.2, -0.15) is 0 Å². The summed E-state index contributed by atoms with van der Waals surface area (Å²) in [4.78, 5) is 35.7. The molecule has 0 aromatic heterocycles. The first-order valence-electron chi connectivity index (χ1n) is 7.48. The van der Waals surface area contributed by atoms with Crippen LogP contribution in [0.3, 0.4) is 0 Å². The minimum atomic E-state index is -1.18. The number of β-amino-alcohol motifs (C(OH)–C–C–N with tert-alkyl or cyclic N) is 1. The molecule has 8 nitrogen and oxygen atoms in total. The van der Waals surface area contributed by atoms with Crippen molar-refractivity contribution in [2.45, 2.75) is 6.10 Å². The highest BCUT2D eigenvalue weighted by Gasteiger charge is 2.36. The van der Waals surface area contributed by atoms with Crippen molar-refractivity contribution >= 4 is 17.5 Å². The first kappa shape index (κ1) is 16.6. The average Bonchev–Trinajstić information content (AvgIpc) is 2.85. The number of nitro groups is 1. The molecule has 128 valence electrons. The van der Waals surface area contributed by atoms with Crippen molar-refractivity contribution in [3.05, 3.63) is 69.8 Å². The molecule has 0 saturated heterocycles. The Morgan fingerprint density at radius 3 is 2.20 bits per heavy atom. The number of nitrogens with zero attached hydrogens (tertiary/aromatic N) is 2. The topological polar surface area (TPSA) is 110 Å². The zero-order valence-corrected chi connectivity index (χ0v) is 13.0. The van der Waals surface area contributed by atoms with Gasteiger partial charge in [0.15, 0.2) is 5.75 Å². The Balaban J connectivity index is 1.65. The smallest absolute Gasteiger partial charge is 0.310 e. The number of hydrogen-bond acceptors (Lipinski definition) is 6. The number of imide groups is 1. The van der Waals surface area contributed by atoms with Gasteiger partial charge in [0, 0.05) is 6.07 Å². The van der Waals surface area contributed by atoms with Gasteiger partial charge < -0.3 is 9.84 Å². The Morgan fingerprint density at radius 2 is 1.60 bits per heavy atom. The van der Waals surface area contributed by atoms with Crippen LogP contribution < -0.4 is 4.74 Å². The Morgan fingerprint density at radius 1 is 1.04 bits per heavy atom. The lowest BCUT2D eigenvalue weighted by Gasteiger charge is -2.18. The molecular formula is C17H14N2O6. The average molecular weight is 342 g/mol. The summed E-state index contributed by atoms with van der Waals surface area (Å²) in [6, 6.07) is 12.2. The quantitative estimate of drug-likeness (QED) is 0.485. The van der Waals surface area contributed by atoms with E-state index in [-0.39, 0.29) is 24.6 Å². The molecule has 0 aliphatic carbocycles. The zero-order chi connectivity index (χ0) is 18.0.